The van der Waals surface area contributed by atoms with Gasteiger partial charge in [0.2, 0.25) is 0 Å². The van der Waals surface area contributed by atoms with Gasteiger partial charge in [-0.2, -0.15) is 0 Å². The van der Waals surface area contributed by atoms with Gasteiger partial charge in [0.15, 0.2) is 12.4 Å². The molecular formula is C18H25NO4. The number of carbonyl (C=O) groups excluding carboxylic acids is 2. The van der Waals surface area contributed by atoms with E-state index in [0.29, 0.717) is 17.2 Å². The Hall–Kier alpha value is -1.88. The summed E-state index contributed by atoms with van der Waals surface area (Å²) < 4.78 is 11.1. The number of esters is 1. The van der Waals surface area contributed by atoms with E-state index in [0.717, 1.165) is 25.9 Å². The summed E-state index contributed by atoms with van der Waals surface area (Å²) in [6, 6.07) is 6.73. The van der Waals surface area contributed by atoms with Crippen LogP contribution in [0.3, 0.4) is 0 Å². The van der Waals surface area contributed by atoms with E-state index in [4.69, 9.17) is 9.47 Å². The number of ether oxygens (including phenoxy) is 2. The van der Waals surface area contributed by atoms with Crippen LogP contribution in [0.2, 0.25) is 0 Å². The van der Waals surface area contributed by atoms with Crippen molar-refractivity contribution in [3.63, 3.8) is 0 Å². The molecular weight excluding hydrogens is 294 g/mol. The van der Waals surface area contributed by atoms with Crippen LogP contribution in [0.5, 0.6) is 5.75 Å². The van der Waals surface area contributed by atoms with E-state index < -0.39 is 5.60 Å². The lowest BCUT2D eigenvalue weighted by Gasteiger charge is -2.36. The molecule has 1 aliphatic heterocycles. The van der Waals surface area contributed by atoms with Gasteiger partial charge in [0.05, 0.1) is 0 Å². The Morgan fingerprint density at radius 1 is 1.17 bits per heavy atom. The summed E-state index contributed by atoms with van der Waals surface area (Å²) in [5.74, 6) is 0.540. The Morgan fingerprint density at radius 2 is 1.78 bits per heavy atom. The lowest BCUT2D eigenvalue weighted by atomic mass is 9.83. The van der Waals surface area contributed by atoms with Gasteiger partial charge >= 0.3 is 5.97 Å². The number of rotatable bonds is 6. The summed E-state index contributed by atoms with van der Waals surface area (Å²) in [6.45, 7) is 7.23. The summed E-state index contributed by atoms with van der Waals surface area (Å²) in [7, 11) is 0. The highest BCUT2D eigenvalue weighted by molar-refractivity contribution is 5.94. The standard InChI is InChI=1S/C18H25NO4/c1-13(20)14-4-6-16(7-5-14)22-12-17(21)23-18(2,3)15-8-10-19-11-9-15/h4-7,15,19H,8-12H2,1-3H3. The third-order valence-corrected chi connectivity index (χ3v) is 4.32. The fourth-order valence-electron chi connectivity index (χ4n) is 2.85. The molecule has 5 nitrogen and oxygen atoms in total. The second-order valence-corrected chi connectivity index (χ2v) is 6.47. The number of hydrogen-bond donors (Lipinski definition) is 1. The maximum Gasteiger partial charge on any atom is 0.344 e. The molecule has 1 saturated heterocycles. The van der Waals surface area contributed by atoms with Crippen LogP contribution in [0.1, 0.15) is 44.0 Å². The maximum absolute atomic E-state index is 12.0. The highest BCUT2D eigenvalue weighted by Gasteiger charge is 2.34. The summed E-state index contributed by atoms with van der Waals surface area (Å²) >= 11 is 0. The molecule has 23 heavy (non-hydrogen) atoms. The van der Waals surface area contributed by atoms with Gasteiger partial charge in [-0.1, -0.05) is 0 Å². The quantitative estimate of drug-likeness (QED) is 0.645. The number of piperidine rings is 1. The van der Waals surface area contributed by atoms with Crippen LogP contribution in [0.15, 0.2) is 24.3 Å². The number of Topliss-reactive ketones (excluding diaryl/α,β-unsaturated/α-hetero) is 1. The highest BCUT2D eigenvalue weighted by Crippen LogP contribution is 2.29. The van der Waals surface area contributed by atoms with E-state index in [1.807, 2.05) is 13.8 Å². The first-order chi connectivity index (χ1) is 10.9. The van der Waals surface area contributed by atoms with Crippen LogP contribution in [0.4, 0.5) is 0 Å². The monoisotopic (exact) mass is 319 g/mol. The zero-order valence-corrected chi connectivity index (χ0v) is 14.1. The summed E-state index contributed by atoms with van der Waals surface area (Å²) in [5, 5.41) is 3.31. The largest absolute Gasteiger partial charge is 0.482 e. The van der Waals surface area contributed by atoms with Crippen molar-refractivity contribution in [2.75, 3.05) is 19.7 Å². The maximum atomic E-state index is 12.0. The molecule has 1 aromatic carbocycles. The van der Waals surface area contributed by atoms with E-state index in [2.05, 4.69) is 5.32 Å². The van der Waals surface area contributed by atoms with Gasteiger partial charge in [0.1, 0.15) is 11.4 Å². The fraction of sp³-hybridized carbons (Fsp3) is 0.556. The lowest BCUT2D eigenvalue weighted by Crippen LogP contribution is -2.43. The van der Waals surface area contributed by atoms with Crippen LogP contribution < -0.4 is 10.1 Å². The zero-order chi connectivity index (χ0) is 16.9. The van der Waals surface area contributed by atoms with E-state index in [1.165, 1.54) is 6.92 Å². The molecule has 0 unspecified atom stereocenters. The van der Waals surface area contributed by atoms with Gasteiger partial charge in [-0.3, -0.25) is 4.79 Å². The SMILES string of the molecule is CC(=O)c1ccc(OCC(=O)OC(C)(C)C2CCNCC2)cc1. The first-order valence-corrected chi connectivity index (χ1v) is 8.05. The summed E-state index contributed by atoms with van der Waals surface area (Å²) in [6.07, 6.45) is 2.02. The molecule has 1 N–H and O–H groups in total. The zero-order valence-electron chi connectivity index (χ0n) is 14.1. The Balaban J connectivity index is 1.83. The van der Waals surface area contributed by atoms with Crippen molar-refractivity contribution in [1.82, 2.24) is 5.32 Å². The highest BCUT2D eigenvalue weighted by atomic mass is 16.6. The van der Waals surface area contributed by atoms with Gasteiger partial charge in [-0.05, 0) is 71.0 Å². The predicted octanol–water partition coefficient (Wildman–Crippen LogP) is 2.59. The first-order valence-electron chi connectivity index (χ1n) is 8.05. The van der Waals surface area contributed by atoms with Gasteiger partial charge < -0.3 is 14.8 Å². The van der Waals surface area contributed by atoms with Crippen molar-refractivity contribution in [3.05, 3.63) is 29.8 Å². The van der Waals surface area contributed by atoms with E-state index >= 15 is 0 Å². The lowest BCUT2D eigenvalue weighted by molar-refractivity contribution is -0.165. The first kappa shape index (κ1) is 17.5. The van der Waals surface area contributed by atoms with Crippen molar-refractivity contribution in [1.29, 1.82) is 0 Å². The van der Waals surface area contributed by atoms with Gasteiger partial charge in [0, 0.05) is 11.5 Å². The van der Waals surface area contributed by atoms with Crippen LogP contribution in [0.25, 0.3) is 0 Å². The minimum Gasteiger partial charge on any atom is -0.482 e. The average molecular weight is 319 g/mol. The number of benzene rings is 1. The molecule has 0 radical (unpaired) electrons. The summed E-state index contributed by atoms with van der Waals surface area (Å²) in [5.41, 5.74) is 0.132. The van der Waals surface area contributed by atoms with E-state index in [9.17, 15) is 9.59 Å². The van der Waals surface area contributed by atoms with Crippen LogP contribution in [-0.4, -0.2) is 37.0 Å². The Kier molecular flexibility index (Phi) is 5.77. The van der Waals surface area contributed by atoms with Crippen LogP contribution in [0, 0.1) is 5.92 Å². The molecule has 5 heteroatoms. The molecule has 0 aromatic heterocycles. The molecule has 0 amide bonds. The Morgan fingerprint density at radius 3 is 2.35 bits per heavy atom. The molecule has 1 aromatic rings. The van der Waals surface area contributed by atoms with Crippen molar-refractivity contribution >= 4 is 11.8 Å². The third-order valence-electron chi connectivity index (χ3n) is 4.32. The molecule has 0 spiro atoms. The molecule has 0 bridgehead atoms. The number of nitrogens with one attached hydrogen (secondary N) is 1. The third kappa shape index (κ3) is 5.06. The molecule has 0 saturated carbocycles. The van der Waals surface area contributed by atoms with Crippen molar-refractivity contribution in [3.8, 4) is 5.75 Å². The molecule has 2 rings (SSSR count). The Labute approximate surface area is 137 Å². The predicted molar refractivity (Wildman–Crippen MR) is 87.7 cm³/mol. The smallest absolute Gasteiger partial charge is 0.344 e. The fourth-order valence-corrected chi connectivity index (χ4v) is 2.85. The molecule has 1 aliphatic rings. The minimum absolute atomic E-state index is 0.000295. The van der Waals surface area contributed by atoms with Crippen molar-refractivity contribution < 1.29 is 19.1 Å². The van der Waals surface area contributed by atoms with Crippen LogP contribution >= 0.6 is 0 Å². The van der Waals surface area contributed by atoms with Gasteiger partial charge in [-0.15, -0.1) is 0 Å². The van der Waals surface area contributed by atoms with E-state index in [-0.39, 0.29) is 18.4 Å². The van der Waals surface area contributed by atoms with Gasteiger partial charge in [-0.25, -0.2) is 4.79 Å². The molecule has 0 atom stereocenters. The topological polar surface area (TPSA) is 64.6 Å². The molecule has 1 heterocycles. The molecule has 126 valence electrons. The van der Waals surface area contributed by atoms with E-state index in [1.54, 1.807) is 24.3 Å². The Bertz CT molecular complexity index is 545. The second-order valence-electron chi connectivity index (χ2n) is 6.47. The molecule has 0 aliphatic carbocycles. The number of hydrogen-bond acceptors (Lipinski definition) is 5. The van der Waals surface area contributed by atoms with Crippen LogP contribution in [-0.2, 0) is 9.53 Å². The second kappa shape index (κ2) is 7.59. The number of carbonyl (C=O) groups is 2. The van der Waals surface area contributed by atoms with Crippen molar-refractivity contribution in [2.24, 2.45) is 5.92 Å². The number of ketones is 1. The van der Waals surface area contributed by atoms with Gasteiger partial charge in [0.25, 0.3) is 0 Å². The average Bonchev–Trinajstić information content (AvgIpc) is 2.54. The molecule has 1 fully saturated rings. The summed E-state index contributed by atoms with van der Waals surface area (Å²) in [4.78, 5) is 23.2. The normalized spacial score (nSPS) is 16.0. The minimum atomic E-state index is -0.485. The van der Waals surface area contributed by atoms with Crippen molar-refractivity contribution in [2.45, 2.75) is 39.2 Å².